The molecular formula is C19H22N2. The number of hydrogen-bond acceptors (Lipinski definition) is 2. The van der Waals surface area contributed by atoms with E-state index < -0.39 is 0 Å². The van der Waals surface area contributed by atoms with Crippen LogP contribution in [-0.4, -0.2) is 6.04 Å². The lowest BCUT2D eigenvalue weighted by Crippen LogP contribution is -2.15. The fourth-order valence-electron chi connectivity index (χ4n) is 2.42. The Labute approximate surface area is 127 Å². The summed E-state index contributed by atoms with van der Waals surface area (Å²) in [6, 6.07) is 19.4. The molecule has 0 heterocycles. The highest BCUT2D eigenvalue weighted by Gasteiger charge is 2.03. The van der Waals surface area contributed by atoms with Gasteiger partial charge in [-0.1, -0.05) is 42.0 Å². The molecule has 0 spiro atoms. The maximum atomic E-state index is 8.67. The lowest BCUT2D eigenvalue weighted by molar-refractivity contribution is 0.706. The third-order valence-electron chi connectivity index (χ3n) is 3.60. The van der Waals surface area contributed by atoms with E-state index in [0.717, 1.165) is 24.1 Å². The molecule has 2 aromatic rings. The maximum absolute atomic E-state index is 8.67. The third kappa shape index (κ3) is 4.96. The van der Waals surface area contributed by atoms with E-state index in [9.17, 15) is 0 Å². The summed E-state index contributed by atoms with van der Waals surface area (Å²) in [6.07, 6.45) is 2.66. The smallest absolute Gasteiger partial charge is 0.0669 e. The molecule has 108 valence electrons. The van der Waals surface area contributed by atoms with E-state index in [2.05, 4.69) is 61.6 Å². The zero-order chi connectivity index (χ0) is 15.1. The molecule has 0 aromatic heterocycles. The molecule has 0 aliphatic heterocycles. The third-order valence-corrected chi connectivity index (χ3v) is 3.60. The summed E-state index contributed by atoms with van der Waals surface area (Å²) in [5, 5.41) is 12.2. The zero-order valence-corrected chi connectivity index (χ0v) is 12.8. The van der Waals surface area contributed by atoms with Crippen LogP contribution in [0.25, 0.3) is 0 Å². The van der Waals surface area contributed by atoms with Crippen molar-refractivity contribution in [1.29, 1.82) is 5.26 Å². The lowest BCUT2D eigenvalue weighted by Gasteiger charge is -2.15. The monoisotopic (exact) mass is 278 g/mol. The number of hydrogen-bond donors (Lipinski definition) is 1. The van der Waals surface area contributed by atoms with Crippen LogP contribution in [0.5, 0.6) is 0 Å². The Hall–Kier alpha value is -2.27. The molecule has 21 heavy (non-hydrogen) atoms. The highest BCUT2D eigenvalue weighted by Crippen LogP contribution is 2.14. The molecule has 0 fully saturated rings. The quantitative estimate of drug-likeness (QED) is 0.844. The number of benzene rings is 2. The summed E-state index contributed by atoms with van der Waals surface area (Å²) in [5.41, 5.74) is 4.90. The van der Waals surface area contributed by atoms with Gasteiger partial charge in [-0.25, -0.2) is 0 Å². The van der Waals surface area contributed by atoms with Crippen molar-refractivity contribution in [2.45, 2.75) is 39.2 Å². The molecule has 0 saturated heterocycles. The summed E-state index contributed by atoms with van der Waals surface area (Å²) < 4.78 is 0. The van der Waals surface area contributed by atoms with E-state index in [0.29, 0.717) is 12.5 Å². The van der Waals surface area contributed by atoms with Crippen LogP contribution in [0.1, 0.15) is 30.0 Å². The van der Waals surface area contributed by atoms with E-state index in [1.54, 1.807) is 0 Å². The zero-order valence-electron chi connectivity index (χ0n) is 12.8. The summed E-state index contributed by atoms with van der Waals surface area (Å²) in [5.74, 6) is 0. The van der Waals surface area contributed by atoms with Gasteiger partial charge in [0.1, 0.15) is 0 Å². The van der Waals surface area contributed by atoms with Gasteiger partial charge >= 0.3 is 0 Å². The van der Waals surface area contributed by atoms with Crippen LogP contribution in [0.2, 0.25) is 0 Å². The number of aryl methyl sites for hydroxylation is 2. The van der Waals surface area contributed by atoms with Gasteiger partial charge in [-0.15, -0.1) is 0 Å². The number of nitrogens with zero attached hydrogens (tertiary/aromatic N) is 1. The predicted molar refractivity (Wildman–Crippen MR) is 88.3 cm³/mol. The molecule has 0 amide bonds. The van der Waals surface area contributed by atoms with Crippen molar-refractivity contribution < 1.29 is 0 Å². The maximum Gasteiger partial charge on any atom is 0.0669 e. The first-order valence-electron chi connectivity index (χ1n) is 7.45. The normalized spacial score (nSPS) is 11.7. The largest absolute Gasteiger partial charge is 0.383 e. The summed E-state index contributed by atoms with van der Waals surface area (Å²) in [4.78, 5) is 0. The molecule has 0 radical (unpaired) electrons. The molecule has 2 rings (SSSR count). The van der Waals surface area contributed by atoms with Gasteiger partial charge in [0.15, 0.2) is 0 Å². The molecular weight excluding hydrogens is 256 g/mol. The van der Waals surface area contributed by atoms with E-state index >= 15 is 0 Å². The average Bonchev–Trinajstić information content (AvgIpc) is 2.48. The van der Waals surface area contributed by atoms with Gasteiger partial charge in [-0.2, -0.15) is 5.26 Å². The second-order valence-corrected chi connectivity index (χ2v) is 5.60. The van der Waals surface area contributed by atoms with Crippen molar-refractivity contribution in [2.75, 3.05) is 5.32 Å². The number of anilines is 1. The molecule has 0 aliphatic rings. The van der Waals surface area contributed by atoms with Crippen molar-refractivity contribution in [2.24, 2.45) is 0 Å². The first kappa shape index (κ1) is 15.1. The molecule has 0 aliphatic carbocycles. The van der Waals surface area contributed by atoms with E-state index in [1.165, 1.54) is 11.1 Å². The fourth-order valence-corrected chi connectivity index (χ4v) is 2.42. The van der Waals surface area contributed by atoms with Gasteiger partial charge in [0.2, 0.25) is 0 Å². The average molecular weight is 278 g/mol. The van der Waals surface area contributed by atoms with E-state index in [1.807, 2.05) is 12.1 Å². The molecule has 0 bridgehead atoms. The number of nitriles is 1. The minimum Gasteiger partial charge on any atom is -0.383 e. The standard InChI is InChI=1S/C19H22N2/c1-15-4-3-5-18(14-15)7-6-16(2)21-19-10-8-17(9-11-19)12-13-20/h3-5,8-11,14,16,21H,6-7,12H2,1-2H3. The SMILES string of the molecule is Cc1cccc(CCC(C)Nc2ccc(CC#N)cc2)c1. The summed E-state index contributed by atoms with van der Waals surface area (Å²) in [6.45, 7) is 4.34. The highest BCUT2D eigenvalue weighted by atomic mass is 14.9. The Morgan fingerprint density at radius 3 is 2.52 bits per heavy atom. The summed E-state index contributed by atoms with van der Waals surface area (Å²) >= 11 is 0. The van der Waals surface area contributed by atoms with Gasteiger partial charge in [0.25, 0.3) is 0 Å². The van der Waals surface area contributed by atoms with Gasteiger partial charge in [-0.3, -0.25) is 0 Å². The van der Waals surface area contributed by atoms with Crippen molar-refractivity contribution in [1.82, 2.24) is 0 Å². The van der Waals surface area contributed by atoms with Gasteiger partial charge in [0.05, 0.1) is 12.5 Å². The first-order valence-corrected chi connectivity index (χ1v) is 7.45. The Kier molecular flexibility index (Phi) is 5.40. The Balaban J connectivity index is 1.84. The van der Waals surface area contributed by atoms with Crippen LogP contribution in [0, 0.1) is 18.3 Å². The van der Waals surface area contributed by atoms with E-state index in [-0.39, 0.29) is 0 Å². The van der Waals surface area contributed by atoms with Crippen molar-refractivity contribution in [3.05, 3.63) is 65.2 Å². The van der Waals surface area contributed by atoms with Gasteiger partial charge in [-0.05, 0) is 49.9 Å². The lowest BCUT2D eigenvalue weighted by atomic mass is 10.0. The molecule has 1 atom stereocenters. The fraction of sp³-hybridized carbons (Fsp3) is 0.316. The molecule has 2 nitrogen and oxygen atoms in total. The molecule has 2 heteroatoms. The first-order chi connectivity index (χ1) is 10.2. The minimum absolute atomic E-state index is 0.423. The minimum atomic E-state index is 0.423. The second-order valence-electron chi connectivity index (χ2n) is 5.60. The topological polar surface area (TPSA) is 35.8 Å². The van der Waals surface area contributed by atoms with Crippen molar-refractivity contribution in [3.8, 4) is 6.07 Å². The molecule has 1 unspecified atom stereocenters. The van der Waals surface area contributed by atoms with Crippen molar-refractivity contribution in [3.63, 3.8) is 0 Å². The summed E-state index contributed by atoms with van der Waals surface area (Å²) in [7, 11) is 0. The molecule has 1 N–H and O–H groups in total. The van der Waals surface area contributed by atoms with Crippen molar-refractivity contribution >= 4 is 5.69 Å². The van der Waals surface area contributed by atoms with Crippen LogP contribution in [-0.2, 0) is 12.8 Å². The van der Waals surface area contributed by atoms with Gasteiger partial charge < -0.3 is 5.32 Å². The van der Waals surface area contributed by atoms with Crippen LogP contribution in [0.4, 0.5) is 5.69 Å². The Morgan fingerprint density at radius 2 is 1.86 bits per heavy atom. The Bertz CT molecular complexity index is 608. The number of rotatable bonds is 6. The molecule has 0 saturated carbocycles. The predicted octanol–water partition coefficient (Wildman–Crippen LogP) is 4.49. The molecule has 2 aromatic carbocycles. The van der Waals surface area contributed by atoms with Crippen LogP contribution < -0.4 is 5.32 Å². The number of nitrogens with one attached hydrogen (secondary N) is 1. The van der Waals surface area contributed by atoms with Gasteiger partial charge in [0, 0.05) is 11.7 Å². The second kappa shape index (κ2) is 7.50. The van der Waals surface area contributed by atoms with E-state index in [4.69, 9.17) is 5.26 Å². The van der Waals surface area contributed by atoms with Crippen LogP contribution in [0.15, 0.2) is 48.5 Å². The Morgan fingerprint density at radius 1 is 1.10 bits per heavy atom. The van der Waals surface area contributed by atoms with Crippen LogP contribution >= 0.6 is 0 Å². The highest BCUT2D eigenvalue weighted by molar-refractivity contribution is 5.45. The van der Waals surface area contributed by atoms with Crippen LogP contribution in [0.3, 0.4) is 0 Å².